The van der Waals surface area contributed by atoms with E-state index in [1.54, 1.807) is 9.88 Å². The summed E-state index contributed by atoms with van der Waals surface area (Å²) < 4.78 is 37.7. The number of halogens is 3. The van der Waals surface area contributed by atoms with Gasteiger partial charge in [0.25, 0.3) is 11.5 Å². The summed E-state index contributed by atoms with van der Waals surface area (Å²) in [4.78, 5) is 29.9. The van der Waals surface area contributed by atoms with E-state index in [-0.39, 0.29) is 11.6 Å². The first-order valence-corrected chi connectivity index (χ1v) is 7.91. The van der Waals surface area contributed by atoms with Crippen molar-refractivity contribution in [2.24, 2.45) is 0 Å². The number of hydrogen-bond acceptors (Lipinski definition) is 4. The highest BCUT2D eigenvalue weighted by atomic mass is 19.4. The molecular formula is C15H19F3N4O2. The van der Waals surface area contributed by atoms with Crippen LogP contribution in [0, 0.1) is 0 Å². The second-order valence-corrected chi connectivity index (χ2v) is 6.09. The predicted molar refractivity (Wildman–Crippen MR) is 80.8 cm³/mol. The van der Waals surface area contributed by atoms with Crippen LogP contribution in [-0.2, 0) is 6.18 Å². The van der Waals surface area contributed by atoms with Gasteiger partial charge in [-0.3, -0.25) is 14.5 Å². The Morgan fingerprint density at radius 1 is 1.17 bits per heavy atom. The van der Waals surface area contributed by atoms with Crippen molar-refractivity contribution in [3.05, 3.63) is 33.7 Å². The molecule has 2 fully saturated rings. The molecule has 0 radical (unpaired) electrons. The molecule has 0 aliphatic carbocycles. The Morgan fingerprint density at radius 3 is 2.50 bits per heavy atom. The molecule has 1 aromatic heterocycles. The number of amides is 1. The number of piperazine rings is 1. The Morgan fingerprint density at radius 2 is 1.88 bits per heavy atom. The van der Waals surface area contributed by atoms with Crippen LogP contribution in [0.15, 0.2) is 16.9 Å². The number of nitrogens with zero attached hydrogens (tertiary/aromatic N) is 2. The van der Waals surface area contributed by atoms with Gasteiger partial charge < -0.3 is 15.2 Å². The largest absolute Gasteiger partial charge is 0.431 e. The Balaban J connectivity index is 1.70. The molecule has 0 saturated carbocycles. The summed E-state index contributed by atoms with van der Waals surface area (Å²) in [6.07, 6.45) is -3.83. The SMILES string of the molecule is O=C(c1ccc(C(F)(F)F)[nH]c1=O)N1CCC(N2CCNCC2)C1. The molecule has 1 aromatic rings. The second-order valence-electron chi connectivity index (χ2n) is 6.09. The van der Waals surface area contributed by atoms with Crippen LogP contribution in [0.2, 0.25) is 0 Å². The summed E-state index contributed by atoms with van der Waals surface area (Å²) in [6, 6.07) is 1.94. The highest BCUT2D eigenvalue weighted by Gasteiger charge is 2.34. The fourth-order valence-electron chi connectivity index (χ4n) is 3.25. The summed E-state index contributed by atoms with van der Waals surface area (Å²) in [5, 5.41) is 3.26. The van der Waals surface area contributed by atoms with E-state index < -0.39 is 23.3 Å². The van der Waals surface area contributed by atoms with E-state index in [1.807, 2.05) is 0 Å². The van der Waals surface area contributed by atoms with Gasteiger partial charge in [0.1, 0.15) is 11.3 Å². The van der Waals surface area contributed by atoms with E-state index in [2.05, 4.69) is 10.2 Å². The lowest BCUT2D eigenvalue weighted by atomic mass is 10.2. The van der Waals surface area contributed by atoms with Crippen molar-refractivity contribution < 1.29 is 18.0 Å². The maximum Gasteiger partial charge on any atom is 0.431 e. The number of H-pyrrole nitrogens is 1. The smallest absolute Gasteiger partial charge is 0.337 e. The molecule has 9 heteroatoms. The lowest BCUT2D eigenvalue weighted by molar-refractivity contribution is -0.141. The maximum atomic E-state index is 12.6. The van der Waals surface area contributed by atoms with Gasteiger partial charge in [0.15, 0.2) is 0 Å². The van der Waals surface area contributed by atoms with E-state index in [0.29, 0.717) is 13.1 Å². The van der Waals surface area contributed by atoms with Crippen LogP contribution in [0.1, 0.15) is 22.5 Å². The molecule has 2 saturated heterocycles. The van der Waals surface area contributed by atoms with Crippen LogP contribution in [0.4, 0.5) is 13.2 Å². The summed E-state index contributed by atoms with van der Waals surface area (Å²) in [6.45, 7) is 4.64. The number of pyridine rings is 1. The molecule has 24 heavy (non-hydrogen) atoms. The van der Waals surface area contributed by atoms with Gasteiger partial charge in [0, 0.05) is 45.3 Å². The Kier molecular flexibility index (Phi) is 4.64. The van der Waals surface area contributed by atoms with Crippen LogP contribution in [0.25, 0.3) is 0 Å². The summed E-state index contributed by atoms with van der Waals surface area (Å²) in [5.41, 5.74) is -2.39. The van der Waals surface area contributed by atoms with Crippen molar-refractivity contribution in [3.63, 3.8) is 0 Å². The minimum atomic E-state index is -4.64. The average molecular weight is 344 g/mol. The van der Waals surface area contributed by atoms with Crippen molar-refractivity contribution in [1.29, 1.82) is 0 Å². The summed E-state index contributed by atoms with van der Waals surface area (Å²) in [7, 11) is 0. The van der Waals surface area contributed by atoms with Crippen LogP contribution >= 0.6 is 0 Å². The highest BCUT2D eigenvalue weighted by Crippen LogP contribution is 2.26. The van der Waals surface area contributed by atoms with E-state index in [1.165, 1.54) is 0 Å². The molecule has 2 N–H and O–H groups in total. The van der Waals surface area contributed by atoms with Crippen molar-refractivity contribution in [1.82, 2.24) is 20.1 Å². The average Bonchev–Trinajstić information content (AvgIpc) is 3.04. The number of likely N-dealkylation sites (tertiary alicyclic amines) is 1. The quantitative estimate of drug-likeness (QED) is 0.821. The molecule has 2 aliphatic heterocycles. The third-order valence-corrected chi connectivity index (χ3v) is 4.56. The minimum absolute atomic E-state index is 0.240. The number of carbonyl (C=O) groups is 1. The van der Waals surface area contributed by atoms with Gasteiger partial charge in [-0.2, -0.15) is 13.2 Å². The maximum absolute atomic E-state index is 12.6. The monoisotopic (exact) mass is 344 g/mol. The third kappa shape index (κ3) is 3.46. The molecule has 132 valence electrons. The van der Waals surface area contributed by atoms with Gasteiger partial charge in [-0.25, -0.2) is 0 Å². The zero-order chi connectivity index (χ0) is 17.3. The van der Waals surface area contributed by atoms with E-state index >= 15 is 0 Å². The molecule has 1 unspecified atom stereocenters. The van der Waals surface area contributed by atoms with Gasteiger partial charge in [0.05, 0.1) is 0 Å². The molecule has 0 aromatic carbocycles. The van der Waals surface area contributed by atoms with Crippen molar-refractivity contribution in [2.45, 2.75) is 18.6 Å². The molecule has 1 amide bonds. The van der Waals surface area contributed by atoms with Crippen molar-refractivity contribution in [3.8, 4) is 0 Å². The van der Waals surface area contributed by atoms with E-state index in [9.17, 15) is 22.8 Å². The first-order valence-electron chi connectivity index (χ1n) is 7.91. The third-order valence-electron chi connectivity index (χ3n) is 4.56. The van der Waals surface area contributed by atoms with E-state index in [4.69, 9.17) is 0 Å². The van der Waals surface area contributed by atoms with Gasteiger partial charge in [0.2, 0.25) is 0 Å². The van der Waals surface area contributed by atoms with Crippen molar-refractivity contribution in [2.75, 3.05) is 39.3 Å². The topological polar surface area (TPSA) is 68.4 Å². The highest BCUT2D eigenvalue weighted by molar-refractivity contribution is 5.94. The lowest BCUT2D eigenvalue weighted by Crippen LogP contribution is -2.49. The lowest BCUT2D eigenvalue weighted by Gasteiger charge is -2.32. The summed E-state index contributed by atoms with van der Waals surface area (Å²) >= 11 is 0. The van der Waals surface area contributed by atoms with Gasteiger partial charge in [-0.15, -0.1) is 0 Å². The van der Waals surface area contributed by atoms with Crippen molar-refractivity contribution >= 4 is 5.91 Å². The van der Waals surface area contributed by atoms with Gasteiger partial charge in [-0.05, 0) is 18.6 Å². The first kappa shape index (κ1) is 17.0. The normalized spacial score (nSPS) is 22.8. The molecular weight excluding hydrogens is 325 g/mol. The van der Waals surface area contributed by atoms with Crippen LogP contribution < -0.4 is 10.9 Å². The number of carbonyl (C=O) groups excluding carboxylic acids is 1. The number of aromatic amines is 1. The Bertz CT molecular complexity index is 667. The summed E-state index contributed by atoms with van der Waals surface area (Å²) in [5.74, 6) is -0.511. The molecule has 6 nitrogen and oxygen atoms in total. The number of aromatic nitrogens is 1. The number of nitrogens with one attached hydrogen (secondary N) is 2. The fraction of sp³-hybridized carbons (Fsp3) is 0.600. The van der Waals surface area contributed by atoms with Crippen LogP contribution in [0.3, 0.4) is 0 Å². The number of alkyl halides is 3. The number of rotatable bonds is 2. The molecule has 1 atom stereocenters. The molecule has 3 rings (SSSR count). The zero-order valence-electron chi connectivity index (χ0n) is 13.0. The van der Waals surface area contributed by atoms with Gasteiger partial charge in [-0.1, -0.05) is 0 Å². The van der Waals surface area contributed by atoms with Crippen LogP contribution in [-0.4, -0.2) is 66.0 Å². The van der Waals surface area contributed by atoms with E-state index in [0.717, 1.165) is 44.7 Å². The molecule has 0 spiro atoms. The Hall–Kier alpha value is -1.87. The van der Waals surface area contributed by atoms with Gasteiger partial charge >= 0.3 is 6.18 Å². The number of hydrogen-bond donors (Lipinski definition) is 2. The zero-order valence-corrected chi connectivity index (χ0v) is 13.0. The first-order chi connectivity index (χ1) is 11.4. The predicted octanol–water partition coefficient (Wildman–Crippen LogP) is 0.513. The van der Waals surface area contributed by atoms with Crippen LogP contribution in [0.5, 0.6) is 0 Å². The second kappa shape index (κ2) is 6.56. The molecule has 2 aliphatic rings. The Labute approximate surface area is 136 Å². The standard InChI is InChI=1S/C15H19F3N4O2/c16-15(17,18)12-2-1-11(13(23)20-12)14(24)22-6-3-10(9-22)21-7-4-19-5-8-21/h1-2,10,19H,3-9H2,(H,20,23). The molecule has 3 heterocycles. The fourth-order valence-corrected chi connectivity index (χ4v) is 3.25. The minimum Gasteiger partial charge on any atom is -0.337 e. The molecule has 0 bridgehead atoms.